The Morgan fingerprint density at radius 2 is 2.12 bits per heavy atom. The number of hydrogen-bond acceptors (Lipinski definition) is 3. The Kier molecular flexibility index (Phi) is 6.69. The van der Waals surface area contributed by atoms with E-state index in [4.69, 9.17) is 16.3 Å². The summed E-state index contributed by atoms with van der Waals surface area (Å²) in [5.74, 6) is -1.10. The van der Waals surface area contributed by atoms with Crippen molar-refractivity contribution in [2.24, 2.45) is 5.92 Å². The first-order valence-corrected chi connectivity index (χ1v) is 8.60. The van der Waals surface area contributed by atoms with E-state index in [1.54, 1.807) is 6.92 Å². The number of amides is 1. The quantitative estimate of drug-likeness (QED) is 0.573. The van der Waals surface area contributed by atoms with Crippen LogP contribution in [0.5, 0.6) is 0 Å². The second-order valence-electron chi connectivity index (χ2n) is 5.94. The first kappa shape index (κ1) is 20.3. The molecule has 0 bridgehead atoms. The van der Waals surface area contributed by atoms with E-state index in [-0.39, 0.29) is 41.5 Å². The van der Waals surface area contributed by atoms with Gasteiger partial charge in [-0.25, -0.2) is 0 Å². The summed E-state index contributed by atoms with van der Waals surface area (Å²) in [4.78, 5) is 25.6. The Morgan fingerprint density at radius 1 is 1.38 bits per heavy atom. The maximum Gasteiger partial charge on any atom is 0.416 e. The van der Waals surface area contributed by atoms with Crippen LogP contribution >= 0.6 is 11.6 Å². The summed E-state index contributed by atoms with van der Waals surface area (Å²) in [5, 5.41) is 0.116. The van der Waals surface area contributed by atoms with Gasteiger partial charge in [-0.2, -0.15) is 13.2 Å². The molecule has 4 nitrogen and oxygen atoms in total. The van der Waals surface area contributed by atoms with Crippen molar-refractivity contribution in [2.45, 2.75) is 25.9 Å². The van der Waals surface area contributed by atoms with E-state index in [1.165, 1.54) is 17.1 Å². The molecule has 1 fully saturated rings. The van der Waals surface area contributed by atoms with Crippen molar-refractivity contribution in [3.05, 3.63) is 40.4 Å². The topological polar surface area (TPSA) is 46.6 Å². The Hall–Kier alpha value is -2.02. The highest BCUT2D eigenvalue weighted by Gasteiger charge is 2.31. The van der Waals surface area contributed by atoms with Crippen molar-refractivity contribution in [1.29, 1.82) is 0 Å². The zero-order chi connectivity index (χ0) is 19.3. The highest BCUT2D eigenvalue weighted by molar-refractivity contribution is 6.32. The molecule has 2 rings (SSSR count). The SMILES string of the molecule is CCOC(=O)C1CCCN(C(=O)C=Cc2cc(C(F)(F)F)ccc2Cl)C1. The van der Waals surface area contributed by atoms with E-state index in [0.29, 0.717) is 19.4 Å². The number of carbonyl (C=O) groups excluding carboxylic acids is 2. The Labute approximate surface area is 154 Å². The second kappa shape index (κ2) is 8.58. The number of nitrogens with zero attached hydrogens (tertiary/aromatic N) is 1. The van der Waals surface area contributed by atoms with Gasteiger partial charge in [0.1, 0.15) is 0 Å². The molecule has 1 unspecified atom stereocenters. The molecule has 1 saturated heterocycles. The molecule has 26 heavy (non-hydrogen) atoms. The van der Waals surface area contributed by atoms with Gasteiger partial charge in [-0.05, 0) is 49.6 Å². The van der Waals surface area contributed by atoms with Crippen LogP contribution in [0, 0.1) is 5.92 Å². The average Bonchev–Trinajstić information content (AvgIpc) is 2.60. The number of esters is 1. The molecule has 0 saturated carbocycles. The molecule has 1 amide bonds. The molecule has 0 N–H and O–H groups in total. The number of piperidine rings is 1. The zero-order valence-corrected chi connectivity index (χ0v) is 14.9. The van der Waals surface area contributed by atoms with Crippen LogP contribution in [0.25, 0.3) is 6.08 Å². The molecule has 0 radical (unpaired) electrons. The Balaban J connectivity index is 2.08. The number of halogens is 4. The van der Waals surface area contributed by atoms with Gasteiger partial charge in [0.25, 0.3) is 0 Å². The average molecular weight is 390 g/mol. The molecule has 1 atom stereocenters. The van der Waals surface area contributed by atoms with E-state index >= 15 is 0 Å². The zero-order valence-electron chi connectivity index (χ0n) is 14.2. The van der Waals surface area contributed by atoms with Crippen molar-refractivity contribution < 1.29 is 27.5 Å². The summed E-state index contributed by atoms with van der Waals surface area (Å²) in [6.07, 6.45) is -0.751. The minimum absolute atomic E-state index is 0.105. The van der Waals surface area contributed by atoms with Crippen molar-refractivity contribution in [3.63, 3.8) is 0 Å². The van der Waals surface area contributed by atoms with Gasteiger partial charge in [-0.1, -0.05) is 11.6 Å². The number of likely N-dealkylation sites (tertiary alicyclic amines) is 1. The van der Waals surface area contributed by atoms with Crippen LogP contribution in [0.1, 0.15) is 30.9 Å². The van der Waals surface area contributed by atoms with Crippen molar-refractivity contribution in [2.75, 3.05) is 19.7 Å². The number of rotatable bonds is 4. The third kappa shape index (κ3) is 5.24. The molecule has 1 heterocycles. The molecule has 142 valence electrons. The number of benzene rings is 1. The third-order valence-corrected chi connectivity index (χ3v) is 4.43. The summed E-state index contributed by atoms with van der Waals surface area (Å²) < 4.78 is 43.3. The monoisotopic (exact) mass is 389 g/mol. The lowest BCUT2D eigenvalue weighted by Gasteiger charge is -2.30. The lowest BCUT2D eigenvalue weighted by molar-refractivity contribution is -0.150. The van der Waals surface area contributed by atoms with Gasteiger partial charge in [0, 0.05) is 24.2 Å². The maximum absolute atomic E-state index is 12.8. The van der Waals surface area contributed by atoms with Crippen LogP contribution in [0.4, 0.5) is 13.2 Å². The van der Waals surface area contributed by atoms with Crippen LogP contribution in [-0.2, 0) is 20.5 Å². The number of alkyl halides is 3. The normalized spacial score (nSPS) is 18.2. The van der Waals surface area contributed by atoms with Crippen LogP contribution in [-0.4, -0.2) is 36.5 Å². The van der Waals surface area contributed by atoms with E-state index in [9.17, 15) is 22.8 Å². The lowest BCUT2D eigenvalue weighted by atomic mass is 9.98. The minimum Gasteiger partial charge on any atom is -0.466 e. The molecule has 1 aliphatic rings. The van der Waals surface area contributed by atoms with Gasteiger partial charge in [0.2, 0.25) is 5.91 Å². The molecule has 0 spiro atoms. The van der Waals surface area contributed by atoms with E-state index in [0.717, 1.165) is 18.2 Å². The first-order chi connectivity index (χ1) is 12.2. The van der Waals surface area contributed by atoms with Crippen molar-refractivity contribution in [3.8, 4) is 0 Å². The number of hydrogen-bond donors (Lipinski definition) is 0. The number of ether oxygens (including phenoxy) is 1. The predicted octanol–water partition coefficient (Wildman–Crippen LogP) is 4.17. The standard InChI is InChI=1S/C18H19ClF3NO3/c1-2-26-17(25)13-4-3-9-23(11-13)16(24)8-5-12-10-14(18(20,21)22)6-7-15(12)19/h5-8,10,13H,2-4,9,11H2,1H3. The van der Waals surface area contributed by atoms with Gasteiger partial charge in [0.05, 0.1) is 18.1 Å². The van der Waals surface area contributed by atoms with Crippen molar-refractivity contribution >= 4 is 29.6 Å². The molecule has 0 aromatic heterocycles. The predicted molar refractivity (Wildman–Crippen MR) is 91.4 cm³/mol. The molecular weight excluding hydrogens is 371 g/mol. The number of carbonyl (C=O) groups is 2. The highest BCUT2D eigenvalue weighted by Crippen LogP contribution is 2.32. The van der Waals surface area contributed by atoms with Gasteiger partial charge < -0.3 is 9.64 Å². The fraction of sp³-hybridized carbons (Fsp3) is 0.444. The lowest BCUT2D eigenvalue weighted by Crippen LogP contribution is -2.42. The third-order valence-electron chi connectivity index (χ3n) is 4.08. The summed E-state index contributed by atoms with van der Waals surface area (Å²) in [6, 6.07) is 2.92. The molecule has 1 aromatic carbocycles. The molecule has 1 aromatic rings. The fourth-order valence-corrected chi connectivity index (χ4v) is 2.92. The van der Waals surface area contributed by atoms with E-state index in [1.807, 2.05) is 0 Å². The van der Waals surface area contributed by atoms with E-state index in [2.05, 4.69) is 0 Å². The molecule has 0 aliphatic carbocycles. The smallest absolute Gasteiger partial charge is 0.416 e. The van der Waals surface area contributed by atoms with Crippen LogP contribution < -0.4 is 0 Å². The second-order valence-corrected chi connectivity index (χ2v) is 6.35. The van der Waals surface area contributed by atoms with Crippen LogP contribution in [0.3, 0.4) is 0 Å². The van der Waals surface area contributed by atoms with Crippen molar-refractivity contribution in [1.82, 2.24) is 4.90 Å². The summed E-state index contributed by atoms with van der Waals surface area (Å²) in [7, 11) is 0. The highest BCUT2D eigenvalue weighted by atomic mass is 35.5. The summed E-state index contributed by atoms with van der Waals surface area (Å²) in [6.45, 7) is 2.70. The summed E-state index contributed by atoms with van der Waals surface area (Å²) in [5.41, 5.74) is -0.733. The molecule has 1 aliphatic heterocycles. The van der Waals surface area contributed by atoms with Gasteiger partial charge in [-0.3, -0.25) is 9.59 Å². The van der Waals surface area contributed by atoms with Gasteiger partial charge in [-0.15, -0.1) is 0 Å². The summed E-state index contributed by atoms with van der Waals surface area (Å²) >= 11 is 5.91. The molecular formula is C18H19ClF3NO3. The first-order valence-electron chi connectivity index (χ1n) is 8.22. The minimum atomic E-state index is -4.49. The Bertz CT molecular complexity index is 703. The maximum atomic E-state index is 12.8. The largest absolute Gasteiger partial charge is 0.466 e. The van der Waals surface area contributed by atoms with Gasteiger partial charge >= 0.3 is 12.1 Å². The van der Waals surface area contributed by atoms with Crippen LogP contribution in [0.2, 0.25) is 5.02 Å². The van der Waals surface area contributed by atoms with Crippen LogP contribution in [0.15, 0.2) is 24.3 Å². The van der Waals surface area contributed by atoms with E-state index < -0.39 is 11.7 Å². The fourth-order valence-electron chi connectivity index (χ4n) is 2.74. The Morgan fingerprint density at radius 3 is 2.77 bits per heavy atom. The van der Waals surface area contributed by atoms with Gasteiger partial charge in [0.15, 0.2) is 0 Å². The molecule has 8 heteroatoms.